The van der Waals surface area contributed by atoms with E-state index >= 15 is 0 Å². The van der Waals surface area contributed by atoms with E-state index in [1.54, 1.807) is 0 Å². The Kier molecular flexibility index (Phi) is 3.82. The van der Waals surface area contributed by atoms with Crippen LogP contribution in [0.3, 0.4) is 0 Å². The molecule has 3 nitrogen and oxygen atoms in total. The number of benzene rings is 5. The topological polar surface area (TPSA) is 31.0 Å². The molecule has 8 aromatic rings. The summed E-state index contributed by atoms with van der Waals surface area (Å²) in [6, 6.07) is 38.3. The molecule has 3 aromatic heterocycles. The number of hydrogen-bond acceptors (Lipinski definition) is 3. The molecular formula is C31H18N2OS. The van der Waals surface area contributed by atoms with Crippen LogP contribution in [-0.2, 0) is 0 Å². The van der Waals surface area contributed by atoms with Crippen LogP contribution >= 0.6 is 11.3 Å². The molecular weight excluding hydrogens is 448 g/mol. The Balaban J connectivity index is 1.47. The van der Waals surface area contributed by atoms with Crippen molar-refractivity contribution in [3.63, 3.8) is 0 Å². The molecule has 0 radical (unpaired) electrons. The van der Waals surface area contributed by atoms with E-state index in [-0.39, 0.29) is 0 Å². The van der Waals surface area contributed by atoms with Crippen molar-refractivity contribution < 1.29 is 4.42 Å². The summed E-state index contributed by atoms with van der Waals surface area (Å²) in [7, 11) is 0. The van der Waals surface area contributed by atoms with E-state index in [2.05, 4.69) is 89.5 Å². The minimum Gasteiger partial charge on any atom is -0.436 e. The highest BCUT2D eigenvalue weighted by Crippen LogP contribution is 2.44. The van der Waals surface area contributed by atoms with Crippen LogP contribution in [0.15, 0.2) is 114 Å². The van der Waals surface area contributed by atoms with Crippen LogP contribution in [0, 0.1) is 0 Å². The summed E-state index contributed by atoms with van der Waals surface area (Å²) in [5.74, 6) is 0.666. The van der Waals surface area contributed by atoms with E-state index in [4.69, 9.17) is 9.40 Å². The summed E-state index contributed by atoms with van der Waals surface area (Å²) in [6.45, 7) is 0. The molecule has 0 N–H and O–H groups in total. The highest BCUT2D eigenvalue weighted by atomic mass is 32.1. The average molecular weight is 467 g/mol. The van der Waals surface area contributed by atoms with Gasteiger partial charge in [0.15, 0.2) is 5.58 Å². The highest BCUT2D eigenvalue weighted by molar-refractivity contribution is 7.26. The minimum atomic E-state index is 0.666. The van der Waals surface area contributed by atoms with Gasteiger partial charge in [0.1, 0.15) is 5.52 Å². The molecule has 0 amide bonds. The van der Waals surface area contributed by atoms with E-state index in [0.717, 1.165) is 16.7 Å². The number of fused-ring (bicyclic) bond motifs is 7. The van der Waals surface area contributed by atoms with Gasteiger partial charge in [0, 0.05) is 31.8 Å². The van der Waals surface area contributed by atoms with Crippen molar-refractivity contribution in [1.29, 1.82) is 0 Å². The number of aromatic nitrogens is 2. The van der Waals surface area contributed by atoms with Gasteiger partial charge < -0.3 is 8.98 Å². The van der Waals surface area contributed by atoms with Gasteiger partial charge in [-0.2, -0.15) is 0 Å². The lowest BCUT2D eigenvalue weighted by molar-refractivity contribution is 0.620. The Morgan fingerprint density at radius 2 is 1.31 bits per heavy atom. The first-order valence-corrected chi connectivity index (χ1v) is 12.5. The second kappa shape index (κ2) is 7.05. The van der Waals surface area contributed by atoms with E-state index in [9.17, 15) is 0 Å². The molecule has 0 fully saturated rings. The quantitative estimate of drug-likeness (QED) is 0.255. The lowest BCUT2D eigenvalue weighted by Crippen LogP contribution is -1.93. The lowest BCUT2D eigenvalue weighted by atomic mass is 10.1. The summed E-state index contributed by atoms with van der Waals surface area (Å²) in [6.07, 6.45) is 0. The second-order valence-electron chi connectivity index (χ2n) is 8.79. The largest absolute Gasteiger partial charge is 0.436 e. The number of nitrogens with zero attached hydrogens (tertiary/aromatic N) is 2. The van der Waals surface area contributed by atoms with Crippen LogP contribution < -0.4 is 0 Å². The predicted octanol–water partition coefficient (Wildman–Crippen LogP) is 8.96. The van der Waals surface area contributed by atoms with Gasteiger partial charge in [0.2, 0.25) is 5.89 Å². The van der Waals surface area contributed by atoms with E-state index in [1.165, 1.54) is 47.7 Å². The smallest absolute Gasteiger partial charge is 0.227 e. The molecule has 0 saturated heterocycles. The molecule has 0 atom stereocenters. The maximum atomic E-state index is 6.19. The van der Waals surface area contributed by atoms with Crippen molar-refractivity contribution in [3.05, 3.63) is 109 Å². The Morgan fingerprint density at radius 3 is 2.11 bits per heavy atom. The van der Waals surface area contributed by atoms with Gasteiger partial charge in [-0.05, 0) is 42.5 Å². The zero-order chi connectivity index (χ0) is 22.9. The second-order valence-corrected chi connectivity index (χ2v) is 9.84. The Bertz CT molecular complexity index is 1990. The molecule has 0 spiro atoms. The van der Waals surface area contributed by atoms with Crippen molar-refractivity contribution >= 4 is 64.4 Å². The van der Waals surface area contributed by atoms with Crippen molar-refractivity contribution in [2.75, 3.05) is 0 Å². The molecule has 164 valence electrons. The molecule has 0 unspecified atom stereocenters. The summed E-state index contributed by atoms with van der Waals surface area (Å²) < 4.78 is 11.1. The van der Waals surface area contributed by atoms with E-state index in [0.29, 0.717) is 5.89 Å². The average Bonchev–Trinajstić information content (AvgIpc) is 3.60. The van der Waals surface area contributed by atoms with Crippen LogP contribution in [-0.4, -0.2) is 9.55 Å². The molecule has 0 aliphatic heterocycles. The molecule has 0 bridgehead atoms. The molecule has 0 saturated carbocycles. The van der Waals surface area contributed by atoms with Gasteiger partial charge in [0.05, 0.1) is 21.4 Å². The predicted molar refractivity (Wildman–Crippen MR) is 147 cm³/mol. The number of rotatable bonds is 2. The number of thiophene rings is 1. The first kappa shape index (κ1) is 19.0. The third-order valence-electron chi connectivity index (χ3n) is 6.85. The summed E-state index contributed by atoms with van der Waals surface area (Å²) in [5.41, 5.74) is 6.36. The number of hydrogen-bond donors (Lipinski definition) is 0. The maximum absolute atomic E-state index is 6.19. The van der Waals surface area contributed by atoms with E-state index < -0.39 is 0 Å². The monoisotopic (exact) mass is 466 g/mol. The number of para-hydroxylation sites is 4. The zero-order valence-electron chi connectivity index (χ0n) is 18.6. The van der Waals surface area contributed by atoms with Crippen LogP contribution in [0.5, 0.6) is 0 Å². The molecule has 3 heterocycles. The molecule has 4 heteroatoms. The lowest BCUT2D eigenvalue weighted by Gasteiger charge is -2.09. The normalized spacial score (nSPS) is 12.0. The SMILES string of the molecule is c1ccc2oc(-c3cccc4sc5c(-n6c7ccccc7c7ccccc76)cccc5c34)nc2c1. The Hall–Kier alpha value is -4.41. The van der Waals surface area contributed by atoms with Gasteiger partial charge in [-0.1, -0.05) is 66.7 Å². The zero-order valence-corrected chi connectivity index (χ0v) is 19.4. The summed E-state index contributed by atoms with van der Waals surface area (Å²) in [5, 5.41) is 4.96. The Labute approximate surface area is 204 Å². The number of oxazole rings is 1. The summed E-state index contributed by atoms with van der Waals surface area (Å²) in [4.78, 5) is 4.81. The molecule has 8 rings (SSSR count). The third kappa shape index (κ3) is 2.63. The van der Waals surface area contributed by atoms with Crippen LogP contribution in [0.1, 0.15) is 0 Å². The molecule has 0 aliphatic carbocycles. The highest BCUT2D eigenvalue weighted by Gasteiger charge is 2.19. The first-order valence-electron chi connectivity index (χ1n) is 11.7. The minimum absolute atomic E-state index is 0.666. The molecule has 0 aliphatic rings. The fourth-order valence-corrected chi connectivity index (χ4v) is 6.59. The van der Waals surface area contributed by atoms with Gasteiger partial charge >= 0.3 is 0 Å². The molecule has 35 heavy (non-hydrogen) atoms. The Morgan fingerprint density at radius 1 is 0.629 bits per heavy atom. The van der Waals surface area contributed by atoms with Crippen LogP contribution in [0.2, 0.25) is 0 Å². The molecule has 5 aromatic carbocycles. The van der Waals surface area contributed by atoms with Crippen molar-refractivity contribution in [3.8, 4) is 17.1 Å². The van der Waals surface area contributed by atoms with Crippen LogP contribution in [0.25, 0.3) is 70.2 Å². The third-order valence-corrected chi connectivity index (χ3v) is 8.04. The van der Waals surface area contributed by atoms with Crippen molar-refractivity contribution in [2.24, 2.45) is 0 Å². The fourth-order valence-electron chi connectivity index (χ4n) is 5.36. The maximum Gasteiger partial charge on any atom is 0.227 e. The van der Waals surface area contributed by atoms with Gasteiger partial charge in [-0.15, -0.1) is 11.3 Å². The van der Waals surface area contributed by atoms with Crippen molar-refractivity contribution in [1.82, 2.24) is 9.55 Å². The standard InChI is InChI=1S/C31H18N2OS/c1-4-14-24-19(9-1)20-10-2-5-15-25(20)33(24)26-16-7-11-21-29-22(12-8-18-28(29)35-30(21)26)31-32-23-13-3-6-17-27(23)34-31/h1-18H. The fraction of sp³-hybridized carbons (Fsp3) is 0. The van der Waals surface area contributed by atoms with Gasteiger partial charge in [-0.25, -0.2) is 4.98 Å². The van der Waals surface area contributed by atoms with Gasteiger partial charge in [0.25, 0.3) is 0 Å². The summed E-state index contributed by atoms with van der Waals surface area (Å²) >= 11 is 1.83. The van der Waals surface area contributed by atoms with Gasteiger partial charge in [-0.3, -0.25) is 0 Å². The van der Waals surface area contributed by atoms with Crippen LogP contribution in [0.4, 0.5) is 0 Å². The van der Waals surface area contributed by atoms with E-state index in [1.807, 2.05) is 35.6 Å². The van der Waals surface area contributed by atoms with Crippen molar-refractivity contribution in [2.45, 2.75) is 0 Å². The first-order chi connectivity index (χ1) is 17.4.